The summed E-state index contributed by atoms with van der Waals surface area (Å²) in [5.41, 5.74) is 0.481. The van der Waals surface area contributed by atoms with E-state index in [0.29, 0.717) is 17.2 Å². The highest BCUT2D eigenvalue weighted by Gasteiger charge is 2.70. The summed E-state index contributed by atoms with van der Waals surface area (Å²) in [6.07, 6.45) is 8.52. The first kappa shape index (κ1) is 10.4. The van der Waals surface area contributed by atoms with Gasteiger partial charge in [-0.05, 0) is 67.6 Å². The molecule has 5 aliphatic carbocycles. The summed E-state index contributed by atoms with van der Waals surface area (Å²) in [7, 11) is 3.84. The standard InChI is InChI=1S/C15H23NO/c1-16(2)14(17)13-8-15(13)11-4-9-3-10(6-11)7-12(15)5-9/h9-13H,3-8H2,1-2H3/t9?,10?,11?,12?,13-,15?/m1/s1. The molecule has 0 aromatic rings. The van der Waals surface area contributed by atoms with Crippen LogP contribution >= 0.6 is 0 Å². The van der Waals surface area contributed by atoms with E-state index in [2.05, 4.69) is 0 Å². The van der Waals surface area contributed by atoms with Crippen LogP contribution in [-0.2, 0) is 4.79 Å². The predicted octanol–water partition coefficient (Wildman–Crippen LogP) is 2.54. The molecule has 5 fully saturated rings. The van der Waals surface area contributed by atoms with Crippen molar-refractivity contribution in [2.45, 2.75) is 38.5 Å². The van der Waals surface area contributed by atoms with E-state index in [1.807, 2.05) is 19.0 Å². The molecule has 5 aliphatic rings. The van der Waals surface area contributed by atoms with Gasteiger partial charge in [-0.2, -0.15) is 0 Å². The van der Waals surface area contributed by atoms with E-state index in [9.17, 15) is 4.79 Å². The third kappa shape index (κ3) is 1.19. The van der Waals surface area contributed by atoms with Gasteiger partial charge in [-0.15, -0.1) is 0 Å². The quantitative estimate of drug-likeness (QED) is 0.681. The molecule has 0 aromatic heterocycles. The van der Waals surface area contributed by atoms with Crippen LogP contribution in [0.5, 0.6) is 0 Å². The predicted molar refractivity (Wildman–Crippen MR) is 66.3 cm³/mol. The van der Waals surface area contributed by atoms with Gasteiger partial charge >= 0.3 is 0 Å². The van der Waals surface area contributed by atoms with Gasteiger partial charge in [0.25, 0.3) is 0 Å². The van der Waals surface area contributed by atoms with Crippen LogP contribution < -0.4 is 0 Å². The van der Waals surface area contributed by atoms with E-state index >= 15 is 0 Å². The topological polar surface area (TPSA) is 20.3 Å². The van der Waals surface area contributed by atoms with Crippen molar-refractivity contribution in [1.29, 1.82) is 0 Å². The number of hydrogen-bond acceptors (Lipinski definition) is 1. The lowest BCUT2D eigenvalue weighted by Gasteiger charge is -2.55. The van der Waals surface area contributed by atoms with Crippen LogP contribution in [0.4, 0.5) is 0 Å². The zero-order valence-electron chi connectivity index (χ0n) is 11.0. The Morgan fingerprint density at radius 2 is 1.53 bits per heavy atom. The van der Waals surface area contributed by atoms with Crippen molar-refractivity contribution in [3.05, 3.63) is 0 Å². The van der Waals surface area contributed by atoms with Crippen molar-refractivity contribution in [2.75, 3.05) is 14.1 Å². The molecule has 1 spiro atoms. The number of rotatable bonds is 1. The largest absolute Gasteiger partial charge is 0.349 e. The molecule has 0 heterocycles. The Morgan fingerprint density at radius 1 is 1.00 bits per heavy atom. The molecule has 1 amide bonds. The SMILES string of the molecule is CN(C)C(=O)[C@H]1CC12C1CC3CC(C1)CC2C3. The van der Waals surface area contributed by atoms with Crippen LogP contribution in [0.2, 0.25) is 0 Å². The molecule has 5 saturated carbocycles. The van der Waals surface area contributed by atoms with Gasteiger partial charge in [0.05, 0.1) is 0 Å². The van der Waals surface area contributed by atoms with Crippen LogP contribution in [0.1, 0.15) is 38.5 Å². The summed E-state index contributed by atoms with van der Waals surface area (Å²) in [5, 5.41) is 0. The number of carbonyl (C=O) groups excluding carboxylic acids is 1. The van der Waals surface area contributed by atoms with Gasteiger partial charge in [0.1, 0.15) is 0 Å². The van der Waals surface area contributed by atoms with Gasteiger partial charge in [-0.3, -0.25) is 4.79 Å². The molecule has 0 saturated heterocycles. The lowest BCUT2D eigenvalue weighted by atomic mass is 9.49. The number of hydrogen-bond donors (Lipinski definition) is 0. The van der Waals surface area contributed by atoms with Crippen molar-refractivity contribution in [3.63, 3.8) is 0 Å². The Hall–Kier alpha value is -0.530. The molecular weight excluding hydrogens is 210 g/mol. The second-order valence-electron chi connectivity index (χ2n) is 7.41. The van der Waals surface area contributed by atoms with Crippen molar-refractivity contribution in [1.82, 2.24) is 4.90 Å². The van der Waals surface area contributed by atoms with Crippen LogP contribution in [0.25, 0.3) is 0 Å². The average Bonchev–Trinajstić information content (AvgIpc) is 3.00. The second kappa shape index (κ2) is 3.07. The number of carbonyl (C=O) groups is 1. The molecule has 0 aromatic carbocycles. The minimum atomic E-state index is 0.396. The highest BCUT2D eigenvalue weighted by Crippen LogP contribution is 2.75. The fraction of sp³-hybridized carbons (Fsp3) is 0.933. The highest BCUT2D eigenvalue weighted by atomic mass is 16.2. The normalized spacial score (nSPS) is 54.1. The first-order valence-electron chi connectivity index (χ1n) is 7.32. The molecule has 94 valence electrons. The lowest BCUT2D eigenvalue weighted by molar-refractivity contribution is -0.134. The molecule has 4 bridgehead atoms. The Kier molecular flexibility index (Phi) is 1.88. The Labute approximate surface area is 104 Å². The van der Waals surface area contributed by atoms with Crippen molar-refractivity contribution in [3.8, 4) is 0 Å². The zero-order valence-corrected chi connectivity index (χ0v) is 11.0. The molecule has 5 rings (SSSR count). The third-order valence-electron chi connectivity index (χ3n) is 6.44. The Morgan fingerprint density at radius 3 is 2.00 bits per heavy atom. The van der Waals surface area contributed by atoms with Crippen LogP contribution in [0, 0.1) is 35.0 Å². The summed E-state index contributed by atoms with van der Waals surface area (Å²) in [6, 6.07) is 0. The molecule has 17 heavy (non-hydrogen) atoms. The van der Waals surface area contributed by atoms with Crippen LogP contribution in [-0.4, -0.2) is 24.9 Å². The van der Waals surface area contributed by atoms with Crippen LogP contribution in [0.3, 0.4) is 0 Å². The Bertz CT molecular complexity index is 345. The molecule has 0 radical (unpaired) electrons. The van der Waals surface area contributed by atoms with Gasteiger partial charge in [-0.25, -0.2) is 0 Å². The maximum Gasteiger partial charge on any atom is 0.225 e. The van der Waals surface area contributed by atoms with E-state index < -0.39 is 0 Å². The maximum absolute atomic E-state index is 12.2. The summed E-state index contributed by atoms with van der Waals surface area (Å²) < 4.78 is 0. The van der Waals surface area contributed by atoms with E-state index in [1.54, 1.807) is 0 Å². The minimum Gasteiger partial charge on any atom is -0.349 e. The molecule has 0 N–H and O–H groups in total. The lowest BCUT2D eigenvalue weighted by Crippen LogP contribution is -2.48. The second-order valence-corrected chi connectivity index (χ2v) is 7.41. The molecular formula is C15H23NO. The summed E-state index contributed by atoms with van der Waals surface area (Å²) in [5.74, 6) is 4.68. The van der Waals surface area contributed by atoms with Crippen molar-refractivity contribution < 1.29 is 4.79 Å². The highest BCUT2D eigenvalue weighted by molar-refractivity contribution is 5.82. The van der Waals surface area contributed by atoms with E-state index in [-0.39, 0.29) is 0 Å². The van der Waals surface area contributed by atoms with E-state index in [4.69, 9.17) is 0 Å². The monoisotopic (exact) mass is 233 g/mol. The average molecular weight is 233 g/mol. The van der Waals surface area contributed by atoms with Gasteiger partial charge < -0.3 is 4.90 Å². The zero-order chi connectivity index (χ0) is 11.8. The Balaban J connectivity index is 1.62. The summed E-state index contributed by atoms with van der Waals surface area (Å²) >= 11 is 0. The van der Waals surface area contributed by atoms with Gasteiger partial charge in [0.15, 0.2) is 0 Å². The molecule has 2 nitrogen and oxygen atoms in total. The first-order chi connectivity index (χ1) is 8.11. The molecule has 0 unspecified atom stereocenters. The summed E-state index contributed by atoms with van der Waals surface area (Å²) in [6.45, 7) is 0. The van der Waals surface area contributed by atoms with E-state index in [1.165, 1.54) is 38.5 Å². The smallest absolute Gasteiger partial charge is 0.225 e. The van der Waals surface area contributed by atoms with Crippen LogP contribution in [0.15, 0.2) is 0 Å². The first-order valence-corrected chi connectivity index (χ1v) is 7.32. The fourth-order valence-electron chi connectivity index (χ4n) is 5.89. The fourth-order valence-corrected chi connectivity index (χ4v) is 5.89. The van der Waals surface area contributed by atoms with Gasteiger partial charge in [0, 0.05) is 20.0 Å². The third-order valence-corrected chi connectivity index (χ3v) is 6.44. The minimum absolute atomic E-state index is 0.396. The summed E-state index contributed by atoms with van der Waals surface area (Å²) in [4.78, 5) is 14.1. The van der Waals surface area contributed by atoms with Crippen molar-refractivity contribution in [2.24, 2.45) is 35.0 Å². The van der Waals surface area contributed by atoms with E-state index in [0.717, 1.165) is 23.7 Å². The molecule has 0 aliphatic heterocycles. The van der Waals surface area contributed by atoms with Gasteiger partial charge in [-0.1, -0.05) is 0 Å². The van der Waals surface area contributed by atoms with Gasteiger partial charge in [0.2, 0.25) is 5.91 Å². The number of amides is 1. The van der Waals surface area contributed by atoms with Crippen molar-refractivity contribution >= 4 is 5.91 Å². The molecule has 1 atom stereocenters. The number of nitrogens with zero attached hydrogens (tertiary/aromatic N) is 1. The maximum atomic E-state index is 12.2. The molecule has 2 heteroatoms.